The van der Waals surface area contributed by atoms with Crippen molar-refractivity contribution in [3.05, 3.63) is 92.6 Å². The van der Waals surface area contributed by atoms with Crippen molar-refractivity contribution in [2.75, 3.05) is 4.90 Å². The summed E-state index contributed by atoms with van der Waals surface area (Å²) in [5.74, 6) is 0.225. The maximum atomic E-state index is 13.5. The largest absolute Gasteiger partial charge is 0.416 e. The molecule has 0 saturated heterocycles. The number of aromatic nitrogens is 1. The number of benzene rings is 2. The summed E-state index contributed by atoms with van der Waals surface area (Å²) >= 11 is 2.86. The zero-order valence-electron chi connectivity index (χ0n) is 19.6. The van der Waals surface area contributed by atoms with E-state index in [2.05, 4.69) is 11.1 Å². The van der Waals surface area contributed by atoms with Gasteiger partial charge in [0.05, 0.1) is 27.9 Å². The number of nitriles is 1. The van der Waals surface area contributed by atoms with E-state index in [-0.39, 0.29) is 11.5 Å². The molecule has 0 spiro atoms. The monoisotopic (exact) mass is 526 g/mol. The topological polar surface area (TPSA) is 69.3 Å². The van der Waals surface area contributed by atoms with Gasteiger partial charge in [0, 0.05) is 28.1 Å². The van der Waals surface area contributed by atoms with Crippen LogP contribution < -0.4 is 4.90 Å². The molecular weight excluding hydrogens is 505 g/mol. The van der Waals surface area contributed by atoms with E-state index in [4.69, 9.17) is 10.3 Å². The van der Waals surface area contributed by atoms with Crippen LogP contribution >= 0.6 is 23.1 Å². The number of anilines is 1. The number of thioether (sulfide) groups is 1. The number of carbonyl (C=O) groups excluding carboxylic acids is 1. The van der Waals surface area contributed by atoms with Crippen molar-refractivity contribution in [2.24, 2.45) is 4.99 Å². The van der Waals surface area contributed by atoms with Crippen molar-refractivity contribution < 1.29 is 18.0 Å². The molecule has 2 aromatic carbocycles. The first-order valence-electron chi connectivity index (χ1n) is 10.9. The molecular formula is C26H21F3N4OS2. The number of aliphatic imine (C=N–C) groups is 1. The number of allylic oxidation sites excluding steroid dienone is 1. The van der Waals surface area contributed by atoms with Crippen LogP contribution in [0.1, 0.15) is 47.3 Å². The van der Waals surface area contributed by atoms with Crippen LogP contribution in [0.3, 0.4) is 0 Å². The molecule has 1 aliphatic rings. The van der Waals surface area contributed by atoms with Gasteiger partial charge in [-0.2, -0.15) is 18.4 Å². The number of rotatable bonds is 5. The van der Waals surface area contributed by atoms with Gasteiger partial charge in [-0.3, -0.25) is 9.69 Å². The Morgan fingerprint density at radius 3 is 2.50 bits per heavy atom. The molecule has 1 unspecified atom stereocenters. The lowest BCUT2D eigenvalue weighted by Gasteiger charge is -2.35. The number of hydrogen-bond acceptors (Lipinski definition) is 7. The first-order valence-corrected chi connectivity index (χ1v) is 12.8. The summed E-state index contributed by atoms with van der Waals surface area (Å²) < 4.78 is 40.5. The molecule has 0 amide bonds. The number of nitrogens with zero attached hydrogens (tertiary/aromatic N) is 4. The van der Waals surface area contributed by atoms with E-state index in [0.717, 1.165) is 22.8 Å². The van der Waals surface area contributed by atoms with E-state index < -0.39 is 17.8 Å². The van der Waals surface area contributed by atoms with Gasteiger partial charge in [0.1, 0.15) is 6.04 Å². The SMILES string of the molecule is CC(=O)C1=C(C)N(c2cccc(C(F)(F)F)c2)C(SCc2csc(C)n2)=NC1c1ccc(C#N)cc1. The second-order valence-electron chi connectivity index (χ2n) is 8.13. The second kappa shape index (κ2) is 10.3. The van der Waals surface area contributed by atoms with E-state index in [9.17, 15) is 18.0 Å². The average molecular weight is 527 g/mol. The van der Waals surface area contributed by atoms with Crippen molar-refractivity contribution in [3.63, 3.8) is 0 Å². The van der Waals surface area contributed by atoms with Gasteiger partial charge in [0.15, 0.2) is 11.0 Å². The lowest BCUT2D eigenvalue weighted by molar-refractivity contribution is -0.137. The van der Waals surface area contributed by atoms with Crippen LogP contribution in [0.2, 0.25) is 0 Å². The highest BCUT2D eigenvalue weighted by Crippen LogP contribution is 2.41. The van der Waals surface area contributed by atoms with Gasteiger partial charge in [-0.05, 0) is 56.7 Å². The van der Waals surface area contributed by atoms with Gasteiger partial charge in [-0.15, -0.1) is 11.3 Å². The van der Waals surface area contributed by atoms with Gasteiger partial charge >= 0.3 is 6.18 Å². The normalized spacial score (nSPS) is 16.1. The number of Topliss-reactive ketones (excluding diaryl/α,β-unsaturated/α-hetero) is 1. The molecule has 0 N–H and O–H groups in total. The molecule has 1 aliphatic heterocycles. The van der Waals surface area contributed by atoms with E-state index in [1.165, 1.54) is 36.1 Å². The minimum Gasteiger partial charge on any atom is -0.295 e. The third-order valence-corrected chi connectivity index (χ3v) is 7.42. The quantitative estimate of drug-likeness (QED) is 0.356. The minimum absolute atomic E-state index is 0.234. The number of thiazole rings is 1. The first-order chi connectivity index (χ1) is 17.1. The van der Waals surface area contributed by atoms with Crippen LogP contribution in [0, 0.1) is 18.3 Å². The summed E-state index contributed by atoms with van der Waals surface area (Å²) in [5.41, 5.74) is 2.38. The van der Waals surface area contributed by atoms with Crippen LogP contribution in [-0.2, 0) is 16.7 Å². The van der Waals surface area contributed by atoms with Gasteiger partial charge in [-0.1, -0.05) is 30.0 Å². The number of hydrogen-bond donors (Lipinski definition) is 0. The maximum absolute atomic E-state index is 13.5. The van der Waals surface area contributed by atoms with Crippen LogP contribution in [0.15, 0.2) is 70.2 Å². The molecule has 1 atom stereocenters. The van der Waals surface area contributed by atoms with Crippen LogP contribution in [0.5, 0.6) is 0 Å². The third-order valence-electron chi connectivity index (χ3n) is 5.61. The van der Waals surface area contributed by atoms with E-state index in [1.54, 1.807) is 42.2 Å². The zero-order chi connectivity index (χ0) is 26.0. The zero-order valence-corrected chi connectivity index (χ0v) is 21.3. The Kier molecular flexibility index (Phi) is 7.33. The maximum Gasteiger partial charge on any atom is 0.416 e. The van der Waals surface area contributed by atoms with Gasteiger partial charge in [0.25, 0.3) is 0 Å². The molecule has 5 nitrogen and oxygen atoms in total. The van der Waals surface area contributed by atoms with Crippen LogP contribution in [-0.4, -0.2) is 15.9 Å². The van der Waals surface area contributed by atoms with Gasteiger partial charge in [-0.25, -0.2) is 9.98 Å². The molecule has 10 heteroatoms. The Bertz CT molecular complexity index is 1400. The molecule has 0 fully saturated rings. The average Bonchev–Trinajstić information content (AvgIpc) is 3.26. The molecule has 4 rings (SSSR count). The number of carbonyl (C=O) groups is 1. The Morgan fingerprint density at radius 1 is 1.19 bits per heavy atom. The predicted octanol–water partition coefficient (Wildman–Crippen LogP) is 7.06. The standard InChI is InChI=1S/C26H21F3N4OS2/c1-15-23(16(2)34)24(19-9-7-18(12-30)8-10-19)32-25(36-14-21-13-35-17(3)31-21)33(15)22-6-4-5-20(11-22)26(27,28)29/h4-11,13,24H,14H2,1-3H3. The van der Waals surface area contributed by atoms with Gasteiger partial charge in [0.2, 0.25) is 0 Å². The smallest absolute Gasteiger partial charge is 0.295 e. The summed E-state index contributed by atoms with van der Waals surface area (Å²) in [6, 6.07) is 13.2. The fourth-order valence-electron chi connectivity index (χ4n) is 3.96. The number of ketones is 1. The molecule has 0 aliphatic carbocycles. The van der Waals surface area contributed by atoms with Crippen LogP contribution in [0.25, 0.3) is 0 Å². The Hall–Kier alpha value is -3.42. The summed E-state index contributed by atoms with van der Waals surface area (Å²) in [6.45, 7) is 5.04. The molecule has 184 valence electrons. The molecule has 2 heterocycles. The van der Waals surface area contributed by atoms with Crippen molar-refractivity contribution in [2.45, 2.75) is 38.7 Å². The molecule has 3 aromatic rings. The third kappa shape index (κ3) is 5.37. The number of amidine groups is 1. The summed E-state index contributed by atoms with van der Waals surface area (Å²) in [5, 5.41) is 12.4. The first kappa shape index (κ1) is 25.7. The highest BCUT2D eigenvalue weighted by Gasteiger charge is 2.35. The predicted molar refractivity (Wildman–Crippen MR) is 137 cm³/mol. The number of alkyl halides is 3. The fourth-order valence-corrected chi connectivity index (χ4v) is 5.66. The van der Waals surface area contributed by atoms with Crippen molar-refractivity contribution in [1.29, 1.82) is 5.26 Å². The van der Waals surface area contributed by atoms with E-state index in [0.29, 0.717) is 33.3 Å². The summed E-state index contributed by atoms with van der Waals surface area (Å²) in [7, 11) is 0. The van der Waals surface area contributed by atoms with Gasteiger partial charge < -0.3 is 0 Å². The Morgan fingerprint density at radius 2 is 1.92 bits per heavy atom. The summed E-state index contributed by atoms with van der Waals surface area (Å²) in [4.78, 5) is 23.8. The Balaban J connectivity index is 1.84. The van der Waals surface area contributed by atoms with E-state index >= 15 is 0 Å². The molecule has 0 bridgehead atoms. The second-order valence-corrected chi connectivity index (χ2v) is 10.1. The van der Waals surface area contributed by atoms with Crippen LogP contribution in [0.4, 0.5) is 18.9 Å². The van der Waals surface area contributed by atoms with Crippen molar-refractivity contribution >= 4 is 39.7 Å². The lowest BCUT2D eigenvalue weighted by Crippen LogP contribution is -2.34. The highest BCUT2D eigenvalue weighted by atomic mass is 32.2. The summed E-state index contributed by atoms with van der Waals surface area (Å²) in [6.07, 6.45) is -4.51. The van der Waals surface area contributed by atoms with Crippen molar-refractivity contribution in [3.8, 4) is 6.07 Å². The highest BCUT2D eigenvalue weighted by molar-refractivity contribution is 8.13. The number of aryl methyl sites for hydroxylation is 1. The molecule has 0 radical (unpaired) electrons. The Labute approximate surface area is 215 Å². The number of halogens is 3. The van der Waals surface area contributed by atoms with E-state index in [1.807, 2.05) is 12.3 Å². The minimum atomic E-state index is -4.51. The lowest BCUT2D eigenvalue weighted by atomic mass is 9.93. The molecule has 36 heavy (non-hydrogen) atoms. The van der Waals surface area contributed by atoms with Crippen molar-refractivity contribution in [1.82, 2.24) is 4.98 Å². The fraction of sp³-hybridized carbons (Fsp3) is 0.231. The molecule has 0 saturated carbocycles. The molecule has 1 aromatic heterocycles.